The number of aliphatic hydroxyl groups is 1. The van der Waals surface area contributed by atoms with Crippen molar-refractivity contribution in [1.82, 2.24) is 25.8 Å². The Morgan fingerprint density at radius 2 is 1.82 bits per heavy atom. The van der Waals surface area contributed by atoms with Crippen molar-refractivity contribution in [3.05, 3.63) is 59.9 Å². The van der Waals surface area contributed by atoms with Crippen molar-refractivity contribution in [2.45, 2.75) is 50.5 Å². The van der Waals surface area contributed by atoms with Crippen LogP contribution >= 0.6 is 0 Å². The highest BCUT2D eigenvalue weighted by Gasteiger charge is 2.44. The van der Waals surface area contributed by atoms with Gasteiger partial charge in [0.05, 0.1) is 42.9 Å². The van der Waals surface area contributed by atoms with Crippen molar-refractivity contribution >= 4 is 23.6 Å². The minimum absolute atomic E-state index is 0.0460. The summed E-state index contributed by atoms with van der Waals surface area (Å²) in [6, 6.07) is 5.34. The molecule has 2 aliphatic rings. The van der Waals surface area contributed by atoms with Gasteiger partial charge in [-0.1, -0.05) is 25.1 Å². The van der Waals surface area contributed by atoms with Crippen molar-refractivity contribution in [2.75, 3.05) is 20.3 Å². The third kappa shape index (κ3) is 6.23. The smallest absolute Gasteiger partial charge is 0.255 e. The summed E-state index contributed by atoms with van der Waals surface area (Å²) in [5.41, 5.74) is 0.669. The summed E-state index contributed by atoms with van der Waals surface area (Å²) < 4.78 is 5.28. The standard InChI is InChI=1S/C28H35N5O7/c1-15-24(35)20(11-17-7-6-10-29-12-17)31-26(37)22(32-25(36)19-8-4-5-9-21(19)34)16(2)30-27(38)23(18-13-40-14-18)33(3)28(15)39/h4-10,12,15-16,18,20,22-24,34-35H,11,13-14H2,1-3H3,(H,30,38)(H,31,37)(H,32,36)/t15-,16-,20+,22+,23?,24+/m1/s1. The zero-order valence-electron chi connectivity index (χ0n) is 22.6. The number of pyridine rings is 1. The van der Waals surface area contributed by atoms with E-state index in [9.17, 15) is 29.4 Å². The first-order valence-electron chi connectivity index (χ1n) is 13.2. The summed E-state index contributed by atoms with van der Waals surface area (Å²) in [6.45, 7) is 3.66. The molecule has 1 aromatic carbocycles. The van der Waals surface area contributed by atoms with Crippen molar-refractivity contribution in [3.63, 3.8) is 0 Å². The number of rotatable bonds is 5. The van der Waals surface area contributed by atoms with Crippen molar-refractivity contribution in [1.29, 1.82) is 0 Å². The Balaban J connectivity index is 1.70. The first-order valence-corrected chi connectivity index (χ1v) is 13.2. The number of carbonyl (C=O) groups is 4. The quantitative estimate of drug-likeness (QED) is 0.333. The minimum Gasteiger partial charge on any atom is -0.507 e. The molecule has 5 N–H and O–H groups in total. The molecule has 12 nitrogen and oxygen atoms in total. The van der Waals surface area contributed by atoms with Crippen LogP contribution in [0.15, 0.2) is 48.8 Å². The van der Waals surface area contributed by atoms with Crippen molar-refractivity contribution in [3.8, 4) is 5.75 Å². The highest BCUT2D eigenvalue weighted by atomic mass is 16.5. The number of hydrogen-bond donors (Lipinski definition) is 5. The molecule has 6 atom stereocenters. The van der Waals surface area contributed by atoms with E-state index < -0.39 is 59.8 Å². The number of para-hydroxylation sites is 1. The Morgan fingerprint density at radius 3 is 2.45 bits per heavy atom. The van der Waals surface area contributed by atoms with E-state index in [1.54, 1.807) is 50.5 Å². The largest absolute Gasteiger partial charge is 0.507 e. The number of benzene rings is 1. The molecule has 1 unspecified atom stereocenters. The van der Waals surface area contributed by atoms with Crippen LogP contribution in [0.4, 0.5) is 0 Å². The average molecular weight is 554 g/mol. The predicted molar refractivity (Wildman–Crippen MR) is 143 cm³/mol. The molecule has 3 heterocycles. The average Bonchev–Trinajstić information content (AvgIpc) is 2.91. The lowest BCUT2D eigenvalue weighted by atomic mass is 9.89. The maximum absolute atomic E-state index is 13.7. The van der Waals surface area contributed by atoms with Gasteiger partial charge in [0.15, 0.2) is 0 Å². The second-order valence-electron chi connectivity index (χ2n) is 10.4. The fourth-order valence-electron chi connectivity index (χ4n) is 5.09. The molecule has 40 heavy (non-hydrogen) atoms. The number of nitrogens with one attached hydrogen (secondary N) is 3. The molecule has 0 aliphatic carbocycles. The molecule has 0 saturated carbocycles. The number of carbonyl (C=O) groups excluding carboxylic acids is 4. The summed E-state index contributed by atoms with van der Waals surface area (Å²) in [5, 5.41) is 29.7. The van der Waals surface area contributed by atoms with Gasteiger partial charge < -0.3 is 35.8 Å². The van der Waals surface area contributed by atoms with E-state index in [1.807, 2.05) is 0 Å². The summed E-state index contributed by atoms with van der Waals surface area (Å²) in [5.74, 6) is -3.89. The Hall–Kier alpha value is -4.03. The van der Waals surface area contributed by atoms with E-state index in [4.69, 9.17) is 4.74 Å². The zero-order valence-corrected chi connectivity index (χ0v) is 22.6. The number of phenolic OH excluding ortho intramolecular Hbond substituents is 1. The van der Waals surface area contributed by atoms with Gasteiger partial charge >= 0.3 is 0 Å². The molecule has 1 aromatic heterocycles. The molecule has 0 radical (unpaired) electrons. The molecular weight excluding hydrogens is 518 g/mol. The number of phenols is 1. The second kappa shape index (κ2) is 12.4. The number of aromatic hydroxyl groups is 1. The van der Waals surface area contributed by atoms with E-state index >= 15 is 0 Å². The van der Waals surface area contributed by atoms with Crippen LogP contribution in [0, 0.1) is 11.8 Å². The normalized spacial score (nSPS) is 28.4. The van der Waals surface area contributed by atoms with Gasteiger partial charge in [0.1, 0.15) is 17.8 Å². The van der Waals surface area contributed by atoms with Crippen LogP contribution in [0.1, 0.15) is 29.8 Å². The highest BCUT2D eigenvalue weighted by molar-refractivity contribution is 6.00. The molecule has 0 bridgehead atoms. The molecule has 2 aliphatic heterocycles. The summed E-state index contributed by atoms with van der Waals surface area (Å²) >= 11 is 0. The molecule has 4 rings (SSSR count). The molecular formula is C28H35N5O7. The lowest BCUT2D eigenvalue weighted by Crippen LogP contribution is -2.65. The van der Waals surface area contributed by atoms with Crippen molar-refractivity contribution in [2.24, 2.45) is 11.8 Å². The predicted octanol–water partition coefficient (Wildman–Crippen LogP) is -0.398. The molecule has 2 aromatic rings. The summed E-state index contributed by atoms with van der Waals surface area (Å²) in [4.78, 5) is 59.2. The fraction of sp³-hybridized carbons (Fsp3) is 0.464. The van der Waals surface area contributed by atoms with Crippen LogP contribution in [0.3, 0.4) is 0 Å². The maximum Gasteiger partial charge on any atom is 0.255 e. The first kappa shape index (κ1) is 29.0. The summed E-state index contributed by atoms with van der Waals surface area (Å²) in [6.07, 6.45) is 2.02. The van der Waals surface area contributed by atoms with Gasteiger partial charge in [0.2, 0.25) is 17.7 Å². The Bertz CT molecular complexity index is 1240. The van der Waals surface area contributed by atoms with Gasteiger partial charge in [0, 0.05) is 25.4 Å². The molecule has 2 saturated heterocycles. The molecule has 4 amide bonds. The van der Waals surface area contributed by atoms with Crippen LogP contribution in [-0.4, -0.2) is 94.3 Å². The number of hydrogen-bond acceptors (Lipinski definition) is 8. The van der Waals surface area contributed by atoms with Crippen LogP contribution < -0.4 is 16.0 Å². The van der Waals surface area contributed by atoms with Gasteiger partial charge in [0.25, 0.3) is 5.91 Å². The number of amides is 4. The van der Waals surface area contributed by atoms with E-state index in [0.29, 0.717) is 5.56 Å². The monoisotopic (exact) mass is 553 g/mol. The van der Waals surface area contributed by atoms with Gasteiger partial charge in [-0.3, -0.25) is 24.2 Å². The van der Waals surface area contributed by atoms with E-state index in [2.05, 4.69) is 20.9 Å². The Morgan fingerprint density at radius 1 is 1.10 bits per heavy atom. The number of ether oxygens (including phenoxy) is 1. The topological polar surface area (TPSA) is 170 Å². The van der Waals surface area contributed by atoms with Gasteiger partial charge in [-0.25, -0.2) is 0 Å². The minimum atomic E-state index is -1.33. The SMILES string of the molecule is C[C@H]1NC(=O)C(C2COC2)N(C)C(=O)[C@H](C)[C@H](O)[C@H](Cc2cccnc2)NC(=O)[C@H]1NC(=O)c1ccccc1O. The Labute approximate surface area is 232 Å². The van der Waals surface area contributed by atoms with Crippen LogP contribution in [-0.2, 0) is 25.5 Å². The third-order valence-corrected chi connectivity index (χ3v) is 7.55. The first-order chi connectivity index (χ1) is 19.1. The zero-order chi connectivity index (χ0) is 29.0. The Kier molecular flexibility index (Phi) is 9.00. The van der Waals surface area contributed by atoms with Gasteiger partial charge in [-0.2, -0.15) is 0 Å². The number of aliphatic hydroxyl groups excluding tert-OH is 1. The maximum atomic E-state index is 13.7. The second-order valence-corrected chi connectivity index (χ2v) is 10.4. The van der Waals surface area contributed by atoms with Gasteiger partial charge in [-0.15, -0.1) is 0 Å². The molecule has 0 spiro atoms. The third-order valence-electron chi connectivity index (χ3n) is 7.55. The highest BCUT2D eigenvalue weighted by Crippen LogP contribution is 2.24. The number of likely N-dealkylation sites (N-methyl/N-ethyl adjacent to an activating group) is 1. The number of nitrogens with zero attached hydrogens (tertiary/aromatic N) is 2. The van der Waals surface area contributed by atoms with E-state index in [1.165, 1.54) is 24.1 Å². The van der Waals surface area contributed by atoms with Crippen LogP contribution in [0.25, 0.3) is 0 Å². The fourth-order valence-corrected chi connectivity index (χ4v) is 5.09. The molecule has 2 fully saturated rings. The lowest BCUT2D eigenvalue weighted by Gasteiger charge is -2.41. The van der Waals surface area contributed by atoms with E-state index in [0.717, 1.165) is 0 Å². The lowest BCUT2D eigenvalue weighted by molar-refractivity contribution is -0.155. The van der Waals surface area contributed by atoms with Gasteiger partial charge in [-0.05, 0) is 37.1 Å². The summed E-state index contributed by atoms with van der Waals surface area (Å²) in [7, 11) is 1.51. The van der Waals surface area contributed by atoms with Crippen molar-refractivity contribution < 1.29 is 34.1 Å². The van der Waals surface area contributed by atoms with E-state index in [-0.39, 0.29) is 36.9 Å². The van der Waals surface area contributed by atoms with Crippen LogP contribution in [0.2, 0.25) is 0 Å². The van der Waals surface area contributed by atoms with Crippen LogP contribution in [0.5, 0.6) is 5.75 Å². The molecule has 214 valence electrons. The number of aromatic nitrogens is 1. The molecule has 12 heteroatoms.